The Balaban J connectivity index is 1.63. The molecule has 6 nitrogen and oxygen atoms in total. The van der Waals surface area contributed by atoms with Gasteiger partial charge in [0.05, 0.1) is 18.4 Å². The van der Waals surface area contributed by atoms with Gasteiger partial charge >= 0.3 is 5.97 Å². The van der Waals surface area contributed by atoms with Crippen LogP contribution < -0.4 is 10.6 Å². The molecular weight excluding hydrogens is 382 g/mol. The number of hydrogen-bond donors (Lipinski definition) is 2. The number of rotatable bonds is 7. The Kier molecular flexibility index (Phi) is 6.23. The van der Waals surface area contributed by atoms with Crippen LogP contribution >= 0.6 is 0 Å². The van der Waals surface area contributed by atoms with E-state index in [1.165, 1.54) is 13.0 Å². The van der Waals surface area contributed by atoms with E-state index in [1.54, 1.807) is 42.7 Å². The van der Waals surface area contributed by atoms with Crippen LogP contribution in [0.4, 0.5) is 20.2 Å². The van der Waals surface area contributed by atoms with E-state index in [0.717, 1.165) is 12.1 Å². The van der Waals surface area contributed by atoms with E-state index < -0.39 is 29.6 Å². The summed E-state index contributed by atoms with van der Waals surface area (Å²) in [7, 11) is 0. The van der Waals surface area contributed by atoms with Gasteiger partial charge in [-0.1, -0.05) is 12.1 Å². The van der Waals surface area contributed by atoms with Crippen LogP contribution in [0.15, 0.2) is 65.3 Å². The highest BCUT2D eigenvalue weighted by atomic mass is 19.2. The molecule has 0 radical (unpaired) electrons. The summed E-state index contributed by atoms with van der Waals surface area (Å²) in [4.78, 5) is 24.7. The number of amides is 1. The monoisotopic (exact) mass is 400 g/mol. The molecule has 8 heteroatoms. The lowest BCUT2D eigenvalue weighted by Crippen LogP contribution is -2.30. The number of hydrogen-bond acceptors (Lipinski definition) is 5. The predicted octanol–water partition coefficient (Wildman–Crippen LogP) is 4.35. The van der Waals surface area contributed by atoms with Gasteiger partial charge in [-0.05, 0) is 43.3 Å². The number of furan rings is 1. The Hall–Kier alpha value is -3.68. The highest BCUT2D eigenvalue weighted by Crippen LogP contribution is 2.19. The Labute approximate surface area is 165 Å². The normalized spacial score (nSPS) is 11.6. The number of ether oxygens (including phenoxy) is 1. The zero-order valence-corrected chi connectivity index (χ0v) is 15.4. The average molecular weight is 400 g/mol. The van der Waals surface area contributed by atoms with Gasteiger partial charge in [0.15, 0.2) is 17.7 Å². The van der Waals surface area contributed by atoms with Crippen molar-refractivity contribution in [3.8, 4) is 0 Å². The lowest BCUT2D eigenvalue weighted by atomic mass is 10.1. The van der Waals surface area contributed by atoms with E-state index in [4.69, 9.17) is 9.15 Å². The number of halogens is 2. The first-order valence-electron chi connectivity index (χ1n) is 8.76. The van der Waals surface area contributed by atoms with Gasteiger partial charge in [-0.25, -0.2) is 13.6 Å². The molecule has 0 unspecified atom stereocenters. The number of carbonyl (C=O) groups excluding carboxylic acids is 2. The van der Waals surface area contributed by atoms with Crippen molar-refractivity contribution in [3.05, 3.63) is 83.8 Å². The number of carbonyl (C=O) groups is 2. The first kappa shape index (κ1) is 20.1. The number of para-hydroxylation sites is 1. The third-order valence-electron chi connectivity index (χ3n) is 4.02. The second-order valence-electron chi connectivity index (χ2n) is 6.14. The molecule has 3 rings (SSSR count). The minimum atomic E-state index is -1.16. The third-order valence-corrected chi connectivity index (χ3v) is 4.02. The summed E-state index contributed by atoms with van der Waals surface area (Å²) in [5.41, 5.74) is 0.811. The van der Waals surface area contributed by atoms with Crippen molar-refractivity contribution in [3.63, 3.8) is 0 Å². The number of benzene rings is 2. The van der Waals surface area contributed by atoms with E-state index >= 15 is 0 Å². The third kappa shape index (κ3) is 5.19. The minimum absolute atomic E-state index is 0.0531. The van der Waals surface area contributed by atoms with Gasteiger partial charge in [0.1, 0.15) is 5.76 Å². The molecule has 3 aromatic rings. The molecule has 2 N–H and O–H groups in total. The molecule has 29 heavy (non-hydrogen) atoms. The molecule has 0 saturated carbocycles. The zero-order valence-electron chi connectivity index (χ0n) is 15.4. The van der Waals surface area contributed by atoms with E-state index in [9.17, 15) is 18.4 Å². The summed E-state index contributed by atoms with van der Waals surface area (Å²) in [5.74, 6) is -2.82. The molecule has 0 aliphatic heterocycles. The number of nitrogens with one attached hydrogen (secondary N) is 2. The Morgan fingerprint density at radius 2 is 1.86 bits per heavy atom. The molecular formula is C21H18F2N2O4. The minimum Gasteiger partial charge on any atom is -0.467 e. The summed E-state index contributed by atoms with van der Waals surface area (Å²) in [6, 6.07) is 13.2. The molecule has 150 valence electrons. The Bertz CT molecular complexity index is 1010. The molecule has 0 aliphatic carbocycles. The van der Waals surface area contributed by atoms with E-state index in [1.807, 2.05) is 0 Å². The fourth-order valence-electron chi connectivity index (χ4n) is 2.51. The summed E-state index contributed by atoms with van der Waals surface area (Å²) in [6.07, 6.45) is 0.388. The quantitative estimate of drug-likeness (QED) is 0.576. The maximum atomic E-state index is 13.3. The maximum Gasteiger partial charge on any atom is 0.341 e. The fourth-order valence-corrected chi connectivity index (χ4v) is 2.51. The van der Waals surface area contributed by atoms with Crippen molar-refractivity contribution in [1.82, 2.24) is 0 Å². The van der Waals surface area contributed by atoms with Gasteiger partial charge in [0, 0.05) is 17.4 Å². The van der Waals surface area contributed by atoms with E-state index in [0.29, 0.717) is 18.0 Å². The first-order valence-corrected chi connectivity index (χ1v) is 8.76. The van der Waals surface area contributed by atoms with Crippen molar-refractivity contribution < 1.29 is 27.5 Å². The topological polar surface area (TPSA) is 80.6 Å². The number of anilines is 2. The second kappa shape index (κ2) is 9.01. The van der Waals surface area contributed by atoms with Gasteiger partial charge in [-0.3, -0.25) is 4.79 Å². The molecule has 1 aromatic heterocycles. The van der Waals surface area contributed by atoms with Crippen LogP contribution in [0.1, 0.15) is 23.0 Å². The van der Waals surface area contributed by atoms with Crippen molar-refractivity contribution in [1.29, 1.82) is 0 Å². The smallest absolute Gasteiger partial charge is 0.341 e. The van der Waals surface area contributed by atoms with E-state index in [2.05, 4.69) is 10.6 Å². The highest BCUT2D eigenvalue weighted by molar-refractivity contribution is 5.99. The Morgan fingerprint density at radius 1 is 1.07 bits per heavy atom. The van der Waals surface area contributed by atoms with Gasteiger partial charge in [0.2, 0.25) is 0 Å². The fraction of sp³-hybridized carbons (Fsp3) is 0.143. The van der Waals surface area contributed by atoms with Gasteiger partial charge in [-0.2, -0.15) is 0 Å². The van der Waals surface area contributed by atoms with Crippen LogP contribution in [0.2, 0.25) is 0 Å². The molecule has 2 aromatic carbocycles. The van der Waals surface area contributed by atoms with Crippen LogP contribution in [0, 0.1) is 11.6 Å². The SMILES string of the molecule is C[C@@H](OC(=O)c1ccccc1NCc1ccco1)C(=O)Nc1ccc(F)c(F)c1. The van der Waals surface area contributed by atoms with Crippen LogP contribution in [-0.2, 0) is 16.1 Å². The van der Waals surface area contributed by atoms with Gasteiger partial charge in [-0.15, -0.1) is 0 Å². The highest BCUT2D eigenvalue weighted by Gasteiger charge is 2.21. The lowest BCUT2D eigenvalue weighted by molar-refractivity contribution is -0.123. The molecule has 1 amide bonds. The van der Waals surface area contributed by atoms with Crippen molar-refractivity contribution in [2.45, 2.75) is 19.6 Å². The molecule has 1 atom stereocenters. The Morgan fingerprint density at radius 3 is 2.59 bits per heavy atom. The average Bonchev–Trinajstić information content (AvgIpc) is 3.23. The van der Waals surface area contributed by atoms with Crippen molar-refractivity contribution in [2.24, 2.45) is 0 Å². The van der Waals surface area contributed by atoms with Gasteiger partial charge < -0.3 is 19.8 Å². The van der Waals surface area contributed by atoms with Crippen molar-refractivity contribution >= 4 is 23.3 Å². The van der Waals surface area contributed by atoms with Crippen LogP contribution in [0.3, 0.4) is 0 Å². The second-order valence-corrected chi connectivity index (χ2v) is 6.14. The summed E-state index contributed by atoms with van der Waals surface area (Å²) < 4.78 is 36.7. The van der Waals surface area contributed by atoms with Crippen LogP contribution in [0.5, 0.6) is 0 Å². The van der Waals surface area contributed by atoms with Crippen LogP contribution in [0.25, 0.3) is 0 Å². The van der Waals surface area contributed by atoms with Crippen molar-refractivity contribution in [2.75, 3.05) is 10.6 Å². The van der Waals surface area contributed by atoms with E-state index in [-0.39, 0.29) is 11.3 Å². The zero-order chi connectivity index (χ0) is 20.8. The summed E-state index contributed by atoms with van der Waals surface area (Å²) in [5, 5.41) is 5.45. The largest absolute Gasteiger partial charge is 0.467 e. The van der Waals surface area contributed by atoms with Crippen LogP contribution in [-0.4, -0.2) is 18.0 Å². The number of esters is 1. The molecule has 0 aliphatic rings. The first-order chi connectivity index (χ1) is 13.9. The lowest BCUT2D eigenvalue weighted by Gasteiger charge is -2.15. The molecule has 1 heterocycles. The summed E-state index contributed by atoms with van der Waals surface area (Å²) in [6.45, 7) is 1.75. The maximum absolute atomic E-state index is 13.3. The summed E-state index contributed by atoms with van der Waals surface area (Å²) >= 11 is 0. The van der Waals surface area contributed by atoms with Gasteiger partial charge in [0.25, 0.3) is 5.91 Å². The molecule has 0 spiro atoms. The molecule has 0 bridgehead atoms. The molecule has 0 saturated heterocycles. The molecule has 0 fully saturated rings. The standard InChI is InChI=1S/C21H18F2N2O4/c1-13(20(26)25-14-8-9-17(22)18(23)11-14)29-21(27)16-6-2-3-7-19(16)24-12-15-5-4-10-28-15/h2-11,13,24H,12H2,1H3,(H,25,26)/t13-/m1/s1. The predicted molar refractivity (Wildman–Crippen MR) is 102 cm³/mol.